The molecule has 1 fully saturated rings. The molecule has 0 saturated carbocycles. The Morgan fingerprint density at radius 1 is 1.77 bits per heavy atom. The van der Waals surface area contributed by atoms with E-state index in [-0.39, 0.29) is 16.8 Å². The fourth-order valence-corrected chi connectivity index (χ4v) is 1.71. The van der Waals surface area contributed by atoms with E-state index in [0.29, 0.717) is 6.61 Å². The quantitative estimate of drug-likeness (QED) is 0.693. The topological polar surface area (TPSA) is 29.5 Å². The summed E-state index contributed by atoms with van der Waals surface area (Å²) in [6, 6.07) is 0. The molecule has 13 heavy (non-hydrogen) atoms. The van der Waals surface area contributed by atoms with Crippen LogP contribution in [0.2, 0.25) is 0 Å². The summed E-state index contributed by atoms with van der Waals surface area (Å²) in [5.74, 6) is 0.168. The van der Waals surface area contributed by atoms with Gasteiger partial charge in [0.05, 0.1) is 17.5 Å². The minimum absolute atomic E-state index is 0.0805. The number of carbonyl (C=O) groups is 1. The molecule has 1 aliphatic heterocycles. The Morgan fingerprint density at radius 3 is 3.00 bits per heavy atom. The van der Waals surface area contributed by atoms with Gasteiger partial charge in [-0.05, 0) is 13.3 Å². The number of hydrogen-bond acceptors (Lipinski definition) is 2. The number of alkyl halides is 1. The van der Waals surface area contributed by atoms with E-state index in [0.717, 1.165) is 19.5 Å². The highest BCUT2D eigenvalue weighted by Crippen LogP contribution is 2.11. The van der Waals surface area contributed by atoms with Gasteiger partial charge in [0.25, 0.3) is 0 Å². The number of ether oxygens (including phenoxy) is 1. The van der Waals surface area contributed by atoms with Gasteiger partial charge in [-0.25, -0.2) is 0 Å². The summed E-state index contributed by atoms with van der Waals surface area (Å²) in [6.07, 6.45) is 1.20. The van der Waals surface area contributed by atoms with Crippen molar-refractivity contribution in [1.82, 2.24) is 4.90 Å². The monoisotopic (exact) mass is 249 g/mol. The molecule has 2 unspecified atom stereocenters. The number of amides is 1. The first-order valence-corrected chi connectivity index (χ1v) is 5.61. The Balaban J connectivity index is 2.46. The van der Waals surface area contributed by atoms with Gasteiger partial charge in [-0.2, -0.15) is 0 Å². The van der Waals surface area contributed by atoms with Crippen molar-refractivity contribution in [3.63, 3.8) is 0 Å². The molecule has 0 aromatic heterocycles. The normalized spacial score (nSPS) is 25.8. The Morgan fingerprint density at radius 2 is 2.46 bits per heavy atom. The Bertz CT molecular complexity index is 184. The van der Waals surface area contributed by atoms with Crippen LogP contribution in [-0.4, -0.2) is 41.4 Å². The van der Waals surface area contributed by atoms with Gasteiger partial charge in [-0.15, -0.1) is 0 Å². The maximum absolute atomic E-state index is 11.6. The van der Waals surface area contributed by atoms with Crippen LogP contribution < -0.4 is 0 Å². The van der Waals surface area contributed by atoms with Gasteiger partial charge < -0.3 is 9.64 Å². The van der Waals surface area contributed by atoms with E-state index in [4.69, 9.17) is 4.74 Å². The third kappa shape index (κ3) is 2.95. The average Bonchev–Trinajstić information content (AvgIpc) is 2.16. The van der Waals surface area contributed by atoms with Crippen LogP contribution in [-0.2, 0) is 9.53 Å². The Hall–Kier alpha value is -0.0900. The number of nitrogens with zero attached hydrogens (tertiary/aromatic N) is 1. The van der Waals surface area contributed by atoms with E-state index in [1.54, 1.807) is 0 Å². The van der Waals surface area contributed by atoms with Gasteiger partial charge in [0.2, 0.25) is 5.91 Å². The molecular formula is C9H16BrNO2. The molecule has 3 nitrogen and oxygen atoms in total. The number of carbonyl (C=O) groups excluding carboxylic acids is 1. The molecule has 0 bridgehead atoms. The van der Waals surface area contributed by atoms with Crippen LogP contribution >= 0.6 is 15.9 Å². The standard InChI is InChI=1S/C9H16BrNO2/c1-3-8-6-11(4-5-13-8)9(12)7(2)10/h7-8H,3-6H2,1-2H3. The molecule has 0 radical (unpaired) electrons. The predicted molar refractivity (Wildman–Crippen MR) is 55.0 cm³/mol. The van der Waals surface area contributed by atoms with Crippen LogP contribution in [0, 0.1) is 0 Å². The molecule has 0 spiro atoms. The number of rotatable bonds is 2. The average molecular weight is 250 g/mol. The molecule has 1 saturated heterocycles. The van der Waals surface area contributed by atoms with Gasteiger partial charge in [-0.1, -0.05) is 22.9 Å². The fourth-order valence-electron chi connectivity index (χ4n) is 1.42. The van der Waals surface area contributed by atoms with Crippen LogP contribution in [0.25, 0.3) is 0 Å². The van der Waals surface area contributed by atoms with Crippen LogP contribution in [0.15, 0.2) is 0 Å². The van der Waals surface area contributed by atoms with Crippen molar-refractivity contribution < 1.29 is 9.53 Å². The molecule has 1 amide bonds. The van der Waals surface area contributed by atoms with E-state index in [2.05, 4.69) is 22.9 Å². The molecule has 0 aromatic carbocycles. The van der Waals surface area contributed by atoms with E-state index >= 15 is 0 Å². The summed E-state index contributed by atoms with van der Waals surface area (Å²) in [7, 11) is 0. The lowest BCUT2D eigenvalue weighted by Crippen LogP contribution is -2.47. The lowest BCUT2D eigenvalue weighted by atomic mass is 10.2. The summed E-state index contributed by atoms with van der Waals surface area (Å²) in [6.45, 7) is 6.08. The minimum Gasteiger partial charge on any atom is -0.375 e. The summed E-state index contributed by atoms with van der Waals surface area (Å²) in [5, 5.41) is 0. The van der Waals surface area contributed by atoms with Crippen molar-refractivity contribution in [3.8, 4) is 0 Å². The van der Waals surface area contributed by atoms with Crippen LogP contribution in [0.5, 0.6) is 0 Å². The SMILES string of the molecule is CCC1CN(C(=O)C(C)Br)CCO1. The van der Waals surface area contributed by atoms with Crippen molar-refractivity contribution in [2.45, 2.75) is 31.2 Å². The lowest BCUT2D eigenvalue weighted by Gasteiger charge is -2.33. The van der Waals surface area contributed by atoms with E-state index in [9.17, 15) is 4.79 Å². The van der Waals surface area contributed by atoms with Gasteiger partial charge in [0, 0.05) is 13.1 Å². The van der Waals surface area contributed by atoms with E-state index in [1.165, 1.54) is 0 Å². The van der Waals surface area contributed by atoms with Crippen molar-refractivity contribution in [1.29, 1.82) is 0 Å². The maximum atomic E-state index is 11.6. The van der Waals surface area contributed by atoms with Gasteiger partial charge >= 0.3 is 0 Å². The van der Waals surface area contributed by atoms with Crippen molar-refractivity contribution >= 4 is 21.8 Å². The molecule has 76 valence electrons. The highest BCUT2D eigenvalue weighted by molar-refractivity contribution is 9.10. The number of hydrogen-bond donors (Lipinski definition) is 0. The molecule has 0 aliphatic carbocycles. The third-order valence-electron chi connectivity index (χ3n) is 2.25. The number of halogens is 1. The molecule has 0 N–H and O–H groups in total. The third-order valence-corrected chi connectivity index (χ3v) is 2.64. The summed E-state index contributed by atoms with van der Waals surface area (Å²) in [5.41, 5.74) is 0. The molecule has 4 heteroatoms. The predicted octanol–water partition coefficient (Wildman–Crippen LogP) is 1.41. The minimum atomic E-state index is -0.0805. The molecular weight excluding hydrogens is 234 g/mol. The van der Waals surface area contributed by atoms with Crippen LogP contribution in [0.1, 0.15) is 20.3 Å². The maximum Gasteiger partial charge on any atom is 0.236 e. The number of morpholine rings is 1. The Kier molecular flexibility index (Phi) is 4.19. The van der Waals surface area contributed by atoms with Gasteiger partial charge in [0.1, 0.15) is 0 Å². The van der Waals surface area contributed by atoms with Gasteiger partial charge in [-0.3, -0.25) is 4.79 Å². The highest BCUT2D eigenvalue weighted by atomic mass is 79.9. The smallest absolute Gasteiger partial charge is 0.236 e. The van der Waals surface area contributed by atoms with Gasteiger partial charge in [0.15, 0.2) is 0 Å². The Labute approximate surface area is 87.6 Å². The largest absolute Gasteiger partial charge is 0.375 e. The molecule has 1 aliphatic rings. The molecule has 1 heterocycles. The highest BCUT2D eigenvalue weighted by Gasteiger charge is 2.24. The zero-order valence-corrected chi connectivity index (χ0v) is 9.71. The zero-order valence-electron chi connectivity index (χ0n) is 8.12. The lowest BCUT2D eigenvalue weighted by molar-refractivity contribution is -0.137. The fraction of sp³-hybridized carbons (Fsp3) is 0.889. The summed E-state index contributed by atoms with van der Waals surface area (Å²) >= 11 is 3.29. The molecule has 1 rings (SSSR count). The first-order chi connectivity index (χ1) is 6.15. The van der Waals surface area contributed by atoms with E-state index < -0.39 is 0 Å². The molecule has 0 aromatic rings. The first-order valence-electron chi connectivity index (χ1n) is 4.69. The van der Waals surface area contributed by atoms with Crippen molar-refractivity contribution in [2.24, 2.45) is 0 Å². The zero-order chi connectivity index (χ0) is 9.84. The van der Waals surface area contributed by atoms with Crippen LogP contribution in [0.4, 0.5) is 0 Å². The second-order valence-corrected chi connectivity index (χ2v) is 4.67. The first kappa shape index (κ1) is 11.0. The van der Waals surface area contributed by atoms with Crippen molar-refractivity contribution in [3.05, 3.63) is 0 Å². The summed E-state index contributed by atoms with van der Waals surface area (Å²) < 4.78 is 5.48. The summed E-state index contributed by atoms with van der Waals surface area (Å²) in [4.78, 5) is 13.4. The van der Waals surface area contributed by atoms with Crippen LogP contribution in [0.3, 0.4) is 0 Å². The second-order valence-electron chi connectivity index (χ2n) is 3.30. The van der Waals surface area contributed by atoms with Crippen molar-refractivity contribution in [2.75, 3.05) is 19.7 Å². The second kappa shape index (κ2) is 4.96. The van der Waals surface area contributed by atoms with E-state index in [1.807, 2.05) is 11.8 Å². The molecule has 2 atom stereocenters.